The van der Waals surface area contributed by atoms with E-state index in [0.717, 1.165) is 17.5 Å². The molecule has 7 heteroatoms. The van der Waals surface area contributed by atoms with Gasteiger partial charge in [0.25, 0.3) is 5.91 Å². The van der Waals surface area contributed by atoms with E-state index in [1.807, 2.05) is 17.0 Å². The number of hydrogen-bond donors (Lipinski definition) is 1. The minimum absolute atomic E-state index is 0.162. The van der Waals surface area contributed by atoms with Gasteiger partial charge in [-0.2, -0.15) is 0 Å². The van der Waals surface area contributed by atoms with E-state index in [9.17, 15) is 9.59 Å². The van der Waals surface area contributed by atoms with E-state index in [2.05, 4.69) is 56.4 Å². The molecule has 196 valence electrons. The number of benzene rings is 2. The van der Waals surface area contributed by atoms with Crippen molar-refractivity contribution in [3.8, 4) is 5.75 Å². The monoisotopic (exact) mass is 504 g/mol. The molecule has 1 N–H and O–H groups in total. The van der Waals surface area contributed by atoms with Gasteiger partial charge >= 0.3 is 0 Å². The molecule has 0 aliphatic carbocycles. The Labute approximate surface area is 218 Å². The summed E-state index contributed by atoms with van der Waals surface area (Å²) in [5, 5.41) is 2.74. The van der Waals surface area contributed by atoms with Crippen molar-refractivity contribution in [3.05, 3.63) is 88.4 Å². The lowest BCUT2D eigenvalue weighted by Crippen LogP contribution is -2.41. The third-order valence-electron chi connectivity index (χ3n) is 6.50. The number of methoxy groups -OCH3 is 1. The lowest BCUT2D eigenvalue weighted by molar-refractivity contribution is -0.134. The number of hydrogen-bond acceptors (Lipinski definition) is 5. The van der Waals surface area contributed by atoms with Crippen molar-refractivity contribution < 1.29 is 23.5 Å². The third-order valence-corrected chi connectivity index (χ3v) is 6.50. The average Bonchev–Trinajstić information content (AvgIpc) is 3.36. The Balaban J connectivity index is 1.53. The summed E-state index contributed by atoms with van der Waals surface area (Å²) in [6.07, 6.45) is 1.33. The van der Waals surface area contributed by atoms with Crippen molar-refractivity contribution in [2.45, 2.75) is 46.3 Å². The fourth-order valence-electron chi connectivity index (χ4n) is 4.61. The second kappa shape index (κ2) is 12.1. The number of amides is 2. The molecular formula is C30H36N2O5. The van der Waals surface area contributed by atoms with Crippen LogP contribution in [0.1, 0.15) is 64.9 Å². The van der Waals surface area contributed by atoms with E-state index in [-0.39, 0.29) is 30.2 Å². The van der Waals surface area contributed by atoms with Gasteiger partial charge in [0.1, 0.15) is 18.1 Å². The minimum atomic E-state index is -0.288. The Morgan fingerprint density at radius 2 is 1.89 bits per heavy atom. The first-order valence-electron chi connectivity index (χ1n) is 12.8. The number of aryl methyl sites for hydroxylation is 1. The molecule has 37 heavy (non-hydrogen) atoms. The fourth-order valence-corrected chi connectivity index (χ4v) is 4.61. The van der Waals surface area contributed by atoms with Crippen LogP contribution in [0.3, 0.4) is 0 Å². The predicted molar refractivity (Wildman–Crippen MR) is 142 cm³/mol. The maximum absolute atomic E-state index is 13.2. The highest BCUT2D eigenvalue weighted by Crippen LogP contribution is 2.38. The molecule has 0 bridgehead atoms. The zero-order chi connectivity index (χ0) is 26.4. The van der Waals surface area contributed by atoms with E-state index >= 15 is 0 Å². The topological polar surface area (TPSA) is 81.0 Å². The second-order valence-corrected chi connectivity index (χ2v) is 9.91. The molecular weight excluding hydrogens is 468 g/mol. The predicted octanol–water partition coefficient (Wildman–Crippen LogP) is 5.06. The average molecular weight is 505 g/mol. The second-order valence-electron chi connectivity index (χ2n) is 9.91. The molecule has 3 aromatic rings. The van der Waals surface area contributed by atoms with Crippen molar-refractivity contribution in [3.63, 3.8) is 0 Å². The molecule has 2 heterocycles. The first-order chi connectivity index (χ1) is 17.9. The first kappa shape index (κ1) is 26.5. The van der Waals surface area contributed by atoms with Gasteiger partial charge in [-0.3, -0.25) is 9.59 Å². The Morgan fingerprint density at radius 1 is 1.11 bits per heavy atom. The number of carbonyl (C=O) groups excluding carboxylic acids is 2. The van der Waals surface area contributed by atoms with Crippen molar-refractivity contribution >= 4 is 11.8 Å². The van der Waals surface area contributed by atoms with E-state index in [4.69, 9.17) is 13.9 Å². The molecule has 1 atom stereocenters. The lowest BCUT2D eigenvalue weighted by Gasteiger charge is -2.38. The van der Waals surface area contributed by atoms with Crippen LogP contribution in [0.4, 0.5) is 0 Å². The van der Waals surface area contributed by atoms with Gasteiger partial charge in [-0.05, 0) is 60.2 Å². The highest BCUT2D eigenvalue weighted by atomic mass is 16.5. The molecule has 0 saturated heterocycles. The van der Waals surface area contributed by atoms with Crippen LogP contribution in [0.2, 0.25) is 0 Å². The maximum Gasteiger partial charge on any atom is 0.287 e. The summed E-state index contributed by atoms with van der Waals surface area (Å²) in [6, 6.07) is 17.7. The van der Waals surface area contributed by atoms with Crippen LogP contribution >= 0.6 is 0 Å². The van der Waals surface area contributed by atoms with Gasteiger partial charge in [-0.1, -0.05) is 49.7 Å². The van der Waals surface area contributed by atoms with E-state index in [1.165, 1.54) is 11.1 Å². The Morgan fingerprint density at radius 3 is 2.62 bits per heavy atom. The standard InChI is InChI=1S/C30H36N2O5/c1-20(2)17-28(33)32-15-13-22-9-10-24(18-26(22)29(32)23-7-5-21(3)6-8-23)36-19-25-11-12-27(37-25)30(34)31-14-16-35-4/h5-12,18,20,29H,13-17,19H2,1-4H3,(H,31,34)/t29-/m0/s1. The summed E-state index contributed by atoms with van der Waals surface area (Å²) in [4.78, 5) is 27.4. The number of carbonyl (C=O) groups is 2. The molecule has 2 amide bonds. The fraction of sp³-hybridized carbons (Fsp3) is 0.400. The van der Waals surface area contributed by atoms with Crippen LogP contribution in [0.5, 0.6) is 5.75 Å². The van der Waals surface area contributed by atoms with Crippen LogP contribution in [-0.2, 0) is 22.6 Å². The third kappa shape index (κ3) is 6.60. The summed E-state index contributed by atoms with van der Waals surface area (Å²) < 4.78 is 16.7. The van der Waals surface area contributed by atoms with Gasteiger partial charge in [0, 0.05) is 26.6 Å². The summed E-state index contributed by atoms with van der Waals surface area (Å²) in [5.74, 6) is 1.66. The van der Waals surface area contributed by atoms with Crippen molar-refractivity contribution in [2.24, 2.45) is 5.92 Å². The van der Waals surface area contributed by atoms with Crippen molar-refractivity contribution in [1.82, 2.24) is 10.2 Å². The van der Waals surface area contributed by atoms with Gasteiger partial charge in [0.2, 0.25) is 5.91 Å². The molecule has 7 nitrogen and oxygen atoms in total. The molecule has 0 radical (unpaired) electrons. The van der Waals surface area contributed by atoms with Crippen LogP contribution < -0.4 is 10.1 Å². The summed E-state index contributed by atoms with van der Waals surface area (Å²) in [5.41, 5.74) is 4.58. The molecule has 2 aromatic carbocycles. The highest BCUT2D eigenvalue weighted by Gasteiger charge is 2.32. The maximum atomic E-state index is 13.2. The summed E-state index contributed by atoms with van der Waals surface area (Å²) in [7, 11) is 1.58. The first-order valence-corrected chi connectivity index (χ1v) is 12.8. The van der Waals surface area contributed by atoms with E-state index < -0.39 is 0 Å². The molecule has 4 rings (SSSR count). The van der Waals surface area contributed by atoms with Gasteiger partial charge in [-0.25, -0.2) is 0 Å². The van der Waals surface area contributed by atoms with Crippen LogP contribution in [0.15, 0.2) is 59.0 Å². The molecule has 0 unspecified atom stereocenters. The Kier molecular flexibility index (Phi) is 8.66. The normalized spacial score (nSPS) is 14.9. The van der Waals surface area contributed by atoms with Gasteiger partial charge in [-0.15, -0.1) is 0 Å². The molecule has 0 fully saturated rings. The quantitative estimate of drug-likeness (QED) is 0.390. The Hall–Kier alpha value is -3.58. The summed E-state index contributed by atoms with van der Waals surface area (Å²) in [6.45, 7) is 7.95. The molecule has 0 saturated carbocycles. The number of rotatable bonds is 10. The molecule has 1 aromatic heterocycles. The van der Waals surface area contributed by atoms with Crippen molar-refractivity contribution in [1.29, 1.82) is 0 Å². The number of fused-ring (bicyclic) bond motifs is 1. The zero-order valence-corrected chi connectivity index (χ0v) is 22.1. The molecule has 1 aliphatic heterocycles. The number of nitrogens with one attached hydrogen (secondary N) is 1. The number of furan rings is 1. The van der Waals surface area contributed by atoms with Gasteiger partial charge < -0.3 is 24.1 Å². The number of nitrogens with zero attached hydrogens (tertiary/aromatic N) is 1. The van der Waals surface area contributed by atoms with Crippen LogP contribution in [0.25, 0.3) is 0 Å². The van der Waals surface area contributed by atoms with Gasteiger partial charge in [0.15, 0.2) is 5.76 Å². The van der Waals surface area contributed by atoms with Crippen LogP contribution in [-0.4, -0.2) is 43.5 Å². The highest BCUT2D eigenvalue weighted by molar-refractivity contribution is 5.91. The van der Waals surface area contributed by atoms with E-state index in [1.54, 1.807) is 19.2 Å². The minimum Gasteiger partial charge on any atom is -0.486 e. The summed E-state index contributed by atoms with van der Waals surface area (Å²) >= 11 is 0. The molecule has 1 aliphatic rings. The van der Waals surface area contributed by atoms with E-state index in [0.29, 0.717) is 43.5 Å². The van der Waals surface area contributed by atoms with Crippen LogP contribution in [0, 0.1) is 12.8 Å². The Bertz CT molecular complexity index is 1210. The van der Waals surface area contributed by atoms with Gasteiger partial charge in [0.05, 0.1) is 12.6 Å². The largest absolute Gasteiger partial charge is 0.486 e. The lowest BCUT2D eigenvalue weighted by atomic mass is 9.87. The zero-order valence-electron chi connectivity index (χ0n) is 22.1. The molecule has 0 spiro atoms. The SMILES string of the molecule is COCCNC(=O)c1ccc(COc2ccc3c(c2)[C@H](c2ccc(C)cc2)N(C(=O)CC(C)C)CC3)o1. The smallest absolute Gasteiger partial charge is 0.287 e. The van der Waals surface area contributed by atoms with Crippen molar-refractivity contribution in [2.75, 3.05) is 26.8 Å². The number of ether oxygens (including phenoxy) is 2.